The Morgan fingerprint density at radius 2 is 1.62 bits per heavy atom. The fourth-order valence-electron chi connectivity index (χ4n) is 1.84. The van der Waals surface area contributed by atoms with Gasteiger partial charge in [0.25, 0.3) is 0 Å². The Morgan fingerprint density at radius 3 is 1.96 bits per heavy atom. The summed E-state index contributed by atoms with van der Waals surface area (Å²) in [6, 6.07) is 6.75. The summed E-state index contributed by atoms with van der Waals surface area (Å²) in [6.45, 7) is 12.4. The number of carbonyl (C=O) groups is 1. The lowest BCUT2D eigenvalue weighted by molar-refractivity contribution is 0.0696. The fourth-order valence-corrected chi connectivity index (χ4v) is 1.84. The van der Waals surface area contributed by atoms with Crippen molar-refractivity contribution in [2.75, 3.05) is 0 Å². The fraction of sp³-hybridized carbons (Fsp3) is 0.421. The van der Waals surface area contributed by atoms with Gasteiger partial charge in [0.2, 0.25) is 5.56 Å². The van der Waals surface area contributed by atoms with Crippen LogP contribution >= 0.6 is 0 Å². The minimum absolute atomic E-state index is 0.0307. The molecule has 2 aromatic heterocycles. The molecular formula is C19H26N2O3. The molecule has 0 bridgehead atoms. The van der Waals surface area contributed by atoms with Crippen molar-refractivity contribution >= 4 is 5.97 Å². The number of hydrogen-bond donors (Lipinski definition) is 2. The highest BCUT2D eigenvalue weighted by molar-refractivity contribution is 5.87. The minimum atomic E-state index is -0.937. The number of hydrogen-bond acceptors (Lipinski definition) is 3. The average molecular weight is 330 g/mol. The van der Waals surface area contributed by atoms with E-state index in [1.807, 2.05) is 26.8 Å². The zero-order valence-corrected chi connectivity index (χ0v) is 15.2. The van der Waals surface area contributed by atoms with Crippen LogP contribution in [0.2, 0.25) is 0 Å². The second kappa shape index (κ2) is 7.43. The summed E-state index contributed by atoms with van der Waals surface area (Å²) < 4.78 is 0. The number of aromatic carboxylic acids is 1. The Hall–Kier alpha value is -2.43. The van der Waals surface area contributed by atoms with E-state index in [-0.39, 0.29) is 22.0 Å². The van der Waals surface area contributed by atoms with Crippen LogP contribution in [0.1, 0.15) is 63.2 Å². The zero-order valence-electron chi connectivity index (χ0n) is 15.2. The number of aromatic amines is 1. The van der Waals surface area contributed by atoms with E-state index in [1.54, 1.807) is 24.4 Å². The molecule has 2 aromatic rings. The van der Waals surface area contributed by atoms with Crippen molar-refractivity contribution in [1.82, 2.24) is 9.97 Å². The minimum Gasteiger partial charge on any atom is -0.478 e. The summed E-state index contributed by atoms with van der Waals surface area (Å²) in [6.07, 6.45) is 3.16. The monoisotopic (exact) mass is 330 g/mol. The number of rotatable bonds is 1. The number of pyridine rings is 2. The third kappa shape index (κ3) is 5.99. The molecule has 0 aliphatic rings. The van der Waals surface area contributed by atoms with Gasteiger partial charge in [0.1, 0.15) is 0 Å². The number of carboxylic acids is 1. The normalized spacial score (nSPS) is 11.4. The molecule has 0 atom stereocenters. The number of H-pyrrole nitrogens is 1. The maximum Gasteiger partial charge on any atom is 0.337 e. The summed E-state index contributed by atoms with van der Waals surface area (Å²) >= 11 is 0. The number of nitrogens with zero attached hydrogens (tertiary/aromatic N) is 1. The van der Waals surface area contributed by atoms with Crippen molar-refractivity contribution in [2.24, 2.45) is 0 Å². The molecule has 2 heterocycles. The van der Waals surface area contributed by atoms with Crippen molar-refractivity contribution in [1.29, 1.82) is 0 Å². The van der Waals surface area contributed by atoms with E-state index >= 15 is 0 Å². The maximum absolute atomic E-state index is 10.7. The van der Waals surface area contributed by atoms with E-state index < -0.39 is 5.97 Å². The molecule has 0 spiro atoms. The summed E-state index contributed by atoms with van der Waals surface area (Å²) in [5, 5.41) is 8.64. The van der Waals surface area contributed by atoms with Gasteiger partial charge in [0.05, 0.1) is 5.56 Å². The van der Waals surface area contributed by atoms with Crippen LogP contribution in [-0.2, 0) is 10.8 Å². The molecule has 2 N–H and O–H groups in total. The van der Waals surface area contributed by atoms with Crippen molar-refractivity contribution in [2.45, 2.75) is 52.4 Å². The van der Waals surface area contributed by atoms with Crippen molar-refractivity contribution in [3.8, 4) is 0 Å². The third-order valence-corrected chi connectivity index (χ3v) is 3.43. The maximum atomic E-state index is 10.7. The van der Waals surface area contributed by atoms with Gasteiger partial charge in [-0.25, -0.2) is 4.79 Å². The van der Waals surface area contributed by atoms with Gasteiger partial charge in [0.15, 0.2) is 0 Å². The highest BCUT2D eigenvalue weighted by Crippen LogP contribution is 2.20. The molecule has 130 valence electrons. The largest absolute Gasteiger partial charge is 0.478 e. The molecule has 5 heteroatoms. The second-order valence-electron chi connectivity index (χ2n) is 7.68. The Labute approximate surface area is 142 Å². The van der Waals surface area contributed by atoms with Gasteiger partial charge < -0.3 is 10.1 Å². The van der Waals surface area contributed by atoms with Gasteiger partial charge in [-0.05, 0) is 23.1 Å². The molecule has 24 heavy (non-hydrogen) atoms. The Kier molecular flexibility index (Phi) is 6.07. The standard InChI is InChI=1S/C10H13NO2.C9H13NO/c1-10(2,3)8-5-4-7(6-11-8)9(12)13;1-9(2,3)7-4-5-8(11)10-6-7/h4-6H,1-3H3,(H,12,13);4-6H,1-3H3,(H,10,11). The molecule has 0 aromatic carbocycles. The van der Waals surface area contributed by atoms with Gasteiger partial charge >= 0.3 is 5.97 Å². The van der Waals surface area contributed by atoms with Gasteiger partial charge in [-0.15, -0.1) is 0 Å². The topological polar surface area (TPSA) is 83.0 Å². The summed E-state index contributed by atoms with van der Waals surface area (Å²) in [5.41, 5.74) is 2.32. The second-order valence-corrected chi connectivity index (χ2v) is 7.68. The molecular weight excluding hydrogens is 304 g/mol. The van der Waals surface area contributed by atoms with E-state index in [9.17, 15) is 9.59 Å². The average Bonchev–Trinajstić information content (AvgIpc) is 2.46. The molecule has 5 nitrogen and oxygen atoms in total. The first-order chi connectivity index (χ1) is 10.9. The molecule has 0 amide bonds. The van der Waals surface area contributed by atoms with Crippen LogP contribution in [0.4, 0.5) is 0 Å². The number of aromatic nitrogens is 2. The van der Waals surface area contributed by atoms with Crippen molar-refractivity contribution in [3.05, 3.63) is 63.8 Å². The number of carboxylic acid groups (broad SMARTS) is 1. The summed E-state index contributed by atoms with van der Waals surface area (Å²) in [4.78, 5) is 28.0. The Morgan fingerprint density at radius 1 is 1.00 bits per heavy atom. The predicted molar refractivity (Wildman–Crippen MR) is 95.7 cm³/mol. The van der Waals surface area contributed by atoms with Crippen LogP contribution in [0.15, 0.2) is 41.5 Å². The van der Waals surface area contributed by atoms with Crippen LogP contribution in [0.5, 0.6) is 0 Å². The molecule has 0 fully saturated rings. The summed E-state index contributed by atoms with van der Waals surface area (Å²) in [5.74, 6) is -0.937. The summed E-state index contributed by atoms with van der Waals surface area (Å²) in [7, 11) is 0. The van der Waals surface area contributed by atoms with Gasteiger partial charge in [0, 0.05) is 29.6 Å². The van der Waals surface area contributed by atoms with Crippen LogP contribution in [0, 0.1) is 0 Å². The molecule has 0 saturated carbocycles. The van der Waals surface area contributed by atoms with E-state index in [4.69, 9.17) is 5.11 Å². The van der Waals surface area contributed by atoms with Crippen molar-refractivity contribution < 1.29 is 9.90 Å². The predicted octanol–water partition coefficient (Wildman–Crippen LogP) is 3.75. The van der Waals surface area contributed by atoms with E-state index in [2.05, 4.69) is 30.7 Å². The molecule has 2 rings (SSSR count). The van der Waals surface area contributed by atoms with Gasteiger partial charge in [-0.1, -0.05) is 47.6 Å². The molecule has 0 radical (unpaired) electrons. The zero-order chi connectivity index (χ0) is 18.5. The van der Waals surface area contributed by atoms with Gasteiger partial charge in [-0.2, -0.15) is 0 Å². The van der Waals surface area contributed by atoms with Crippen molar-refractivity contribution in [3.63, 3.8) is 0 Å². The first-order valence-electron chi connectivity index (χ1n) is 7.80. The Bertz CT molecular complexity index is 712. The lowest BCUT2D eigenvalue weighted by Gasteiger charge is -2.17. The van der Waals surface area contributed by atoms with Crippen LogP contribution in [0.25, 0.3) is 0 Å². The van der Waals surface area contributed by atoms with Crippen LogP contribution < -0.4 is 5.56 Å². The van der Waals surface area contributed by atoms with E-state index in [0.29, 0.717) is 0 Å². The van der Waals surface area contributed by atoms with Crippen LogP contribution in [0.3, 0.4) is 0 Å². The molecule has 0 unspecified atom stereocenters. The third-order valence-electron chi connectivity index (χ3n) is 3.43. The smallest absolute Gasteiger partial charge is 0.337 e. The molecule has 0 saturated heterocycles. The lowest BCUT2D eigenvalue weighted by Crippen LogP contribution is -2.14. The Balaban J connectivity index is 0.000000243. The highest BCUT2D eigenvalue weighted by Gasteiger charge is 2.15. The molecule has 0 aliphatic carbocycles. The first-order valence-corrected chi connectivity index (χ1v) is 7.80. The van der Waals surface area contributed by atoms with Crippen LogP contribution in [-0.4, -0.2) is 21.0 Å². The number of nitrogens with one attached hydrogen (secondary N) is 1. The van der Waals surface area contributed by atoms with E-state index in [1.165, 1.54) is 6.20 Å². The quantitative estimate of drug-likeness (QED) is 0.834. The highest BCUT2D eigenvalue weighted by atomic mass is 16.4. The van der Waals surface area contributed by atoms with E-state index in [0.717, 1.165) is 11.3 Å². The van der Waals surface area contributed by atoms with Gasteiger partial charge in [-0.3, -0.25) is 9.78 Å². The molecule has 0 aliphatic heterocycles. The lowest BCUT2D eigenvalue weighted by atomic mass is 9.88. The first kappa shape index (κ1) is 19.6. The SMILES string of the molecule is CC(C)(C)c1ccc(=O)[nH]c1.CC(C)(C)c1ccc(C(=O)O)cn1.